The van der Waals surface area contributed by atoms with Crippen LogP contribution in [0.25, 0.3) is 0 Å². The topological polar surface area (TPSA) is 92.5 Å². The molecule has 12 heavy (non-hydrogen) atoms. The fraction of sp³-hybridized carbons (Fsp3) is 0.800. The first-order valence-corrected chi connectivity index (χ1v) is 3.90. The molecule has 0 saturated carbocycles. The lowest BCUT2D eigenvalue weighted by Gasteiger charge is -2.15. The number of aliphatic hydroxyl groups is 1. The summed E-state index contributed by atoms with van der Waals surface area (Å²) in [6.07, 6.45) is 0. The number of nitro groups is 1. The van der Waals surface area contributed by atoms with E-state index in [2.05, 4.69) is 21.2 Å². The number of carbonyl (C=O) groups is 1. The minimum Gasteiger partial charge on any atom is -0.388 e. The molecule has 2 N–H and O–H groups in total. The van der Waals surface area contributed by atoms with Gasteiger partial charge in [-0.05, 0) is 0 Å². The van der Waals surface area contributed by atoms with E-state index < -0.39 is 16.0 Å². The molecule has 1 amide bonds. The summed E-state index contributed by atoms with van der Waals surface area (Å²) in [5, 5.41) is 21.2. The molecule has 0 rings (SSSR count). The molecule has 0 bridgehead atoms. The second-order valence-electron chi connectivity index (χ2n) is 2.24. The summed E-state index contributed by atoms with van der Waals surface area (Å²) in [6.45, 7) is 0.316. The summed E-state index contributed by atoms with van der Waals surface area (Å²) >= 11 is 2.71. The zero-order valence-corrected chi connectivity index (χ0v) is 8.00. The van der Waals surface area contributed by atoms with Gasteiger partial charge in [0, 0.05) is 27.8 Å². The lowest BCUT2D eigenvalue weighted by molar-refractivity contribution is -0.536. The lowest BCUT2D eigenvalue weighted by atomic mass is 10.3. The van der Waals surface area contributed by atoms with Crippen molar-refractivity contribution in [3.8, 4) is 0 Å². The van der Waals surface area contributed by atoms with Crippen LogP contribution in [-0.2, 0) is 4.79 Å². The molecule has 0 radical (unpaired) electrons. The van der Waals surface area contributed by atoms with Crippen molar-refractivity contribution in [2.24, 2.45) is 0 Å². The number of halogens is 1. The van der Waals surface area contributed by atoms with E-state index in [0.717, 1.165) is 0 Å². The van der Waals surface area contributed by atoms with Crippen molar-refractivity contribution >= 4 is 21.8 Å². The molecular formula is C5H9BrN2O4. The average Bonchev–Trinajstić information content (AvgIpc) is 1.99. The third-order valence-corrected chi connectivity index (χ3v) is 2.00. The second-order valence-corrected chi connectivity index (χ2v) is 3.72. The first-order valence-electron chi connectivity index (χ1n) is 3.11. The molecule has 6 nitrogen and oxygen atoms in total. The van der Waals surface area contributed by atoms with Crippen LogP contribution in [0, 0.1) is 10.1 Å². The smallest absolute Gasteiger partial charge is 0.313 e. The largest absolute Gasteiger partial charge is 0.388 e. The Bertz CT molecular complexity index is 198. The lowest BCUT2D eigenvalue weighted by Crippen LogP contribution is -2.46. The SMILES string of the molecule is CC(=O)NCC(Br)(CO)[N+](=O)[O-]. The molecule has 0 aliphatic rings. The summed E-state index contributed by atoms with van der Waals surface area (Å²) in [5.41, 5.74) is 0. The molecular weight excluding hydrogens is 232 g/mol. The third kappa shape index (κ3) is 3.14. The van der Waals surface area contributed by atoms with E-state index in [9.17, 15) is 14.9 Å². The summed E-state index contributed by atoms with van der Waals surface area (Å²) < 4.78 is -1.67. The Morgan fingerprint density at radius 1 is 1.83 bits per heavy atom. The zero-order chi connectivity index (χ0) is 9.78. The molecule has 0 aromatic rings. The second kappa shape index (κ2) is 4.36. The predicted molar refractivity (Wildman–Crippen MR) is 44.4 cm³/mol. The van der Waals surface area contributed by atoms with Crippen molar-refractivity contribution in [1.82, 2.24) is 5.32 Å². The Morgan fingerprint density at radius 2 is 2.33 bits per heavy atom. The van der Waals surface area contributed by atoms with Gasteiger partial charge in [0.2, 0.25) is 5.91 Å². The monoisotopic (exact) mass is 240 g/mol. The standard InChI is InChI=1S/C5H9BrN2O4/c1-4(10)7-2-5(6,3-9)8(11)12/h9H,2-3H2,1H3,(H,7,10). The molecule has 7 heteroatoms. The van der Waals surface area contributed by atoms with Gasteiger partial charge in [-0.25, -0.2) is 0 Å². The Hall–Kier alpha value is -0.690. The quantitative estimate of drug-likeness (QED) is 0.300. The van der Waals surface area contributed by atoms with Crippen LogP contribution in [0.3, 0.4) is 0 Å². The molecule has 1 unspecified atom stereocenters. The molecule has 0 spiro atoms. The first kappa shape index (κ1) is 11.3. The minimum atomic E-state index is -1.67. The normalized spacial score (nSPS) is 14.9. The van der Waals surface area contributed by atoms with Crippen LogP contribution in [-0.4, -0.2) is 33.5 Å². The maximum atomic E-state index is 10.4. The predicted octanol–water partition coefficient (Wildman–Crippen LogP) is -0.517. The number of carbonyl (C=O) groups excluding carboxylic acids is 1. The molecule has 0 aromatic carbocycles. The van der Waals surface area contributed by atoms with Crippen molar-refractivity contribution in [3.05, 3.63) is 10.1 Å². The number of alkyl halides is 1. The number of amides is 1. The third-order valence-electron chi connectivity index (χ3n) is 1.18. The fourth-order valence-corrected chi connectivity index (χ4v) is 0.578. The molecule has 0 aliphatic heterocycles. The minimum absolute atomic E-state index is 0.244. The van der Waals surface area contributed by atoms with E-state index in [1.54, 1.807) is 0 Å². The van der Waals surface area contributed by atoms with Crippen molar-refractivity contribution in [2.75, 3.05) is 13.2 Å². The number of aliphatic hydroxyl groups excluding tert-OH is 1. The fourth-order valence-electron chi connectivity index (χ4n) is 0.438. The van der Waals surface area contributed by atoms with Gasteiger partial charge in [-0.1, -0.05) is 0 Å². The Morgan fingerprint density at radius 3 is 2.58 bits per heavy atom. The molecule has 1 atom stereocenters. The van der Waals surface area contributed by atoms with Crippen LogP contribution in [0.4, 0.5) is 0 Å². The highest BCUT2D eigenvalue weighted by Gasteiger charge is 2.39. The van der Waals surface area contributed by atoms with Crippen molar-refractivity contribution in [2.45, 2.75) is 11.4 Å². The van der Waals surface area contributed by atoms with Crippen molar-refractivity contribution < 1.29 is 14.8 Å². The van der Waals surface area contributed by atoms with E-state index in [1.807, 2.05) is 0 Å². The molecule has 0 saturated heterocycles. The van der Waals surface area contributed by atoms with Gasteiger partial charge in [0.15, 0.2) is 0 Å². The summed E-state index contributed by atoms with van der Waals surface area (Å²) in [6, 6.07) is 0. The van der Waals surface area contributed by atoms with Gasteiger partial charge in [0.05, 0.1) is 0 Å². The number of hydrogen-bond donors (Lipinski definition) is 2. The number of nitrogens with one attached hydrogen (secondary N) is 1. The molecule has 0 heterocycles. The van der Waals surface area contributed by atoms with E-state index in [0.29, 0.717) is 0 Å². The van der Waals surface area contributed by atoms with E-state index in [1.165, 1.54) is 6.92 Å². The van der Waals surface area contributed by atoms with Crippen molar-refractivity contribution in [3.63, 3.8) is 0 Å². The number of nitrogens with zero attached hydrogens (tertiary/aromatic N) is 1. The Balaban J connectivity index is 4.15. The number of rotatable bonds is 4. The highest BCUT2D eigenvalue weighted by atomic mass is 79.9. The Kier molecular flexibility index (Phi) is 4.11. The summed E-state index contributed by atoms with van der Waals surface area (Å²) in [4.78, 5) is 20.0. The summed E-state index contributed by atoms with van der Waals surface area (Å²) in [7, 11) is 0. The van der Waals surface area contributed by atoms with Crippen LogP contribution in [0.15, 0.2) is 0 Å². The average molecular weight is 241 g/mol. The van der Waals surface area contributed by atoms with Gasteiger partial charge >= 0.3 is 4.45 Å². The molecule has 70 valence electrons. The molecule has 0 fully saturated rings. The Labute approximate surface area is 77.2 Å². The van der Waals surface area contributed by atoms with Gasteiger partial charge < -0.3 is 10.4 Å². The van der Waals surface area contributed by atoms with Gasteiger partial charge in [-0.3, -0.25) is 14.9 Å². The van der Waals surface area contributed by atoms with Crippen LogP contribution >= 0.6 is 15.9 Å². The zero-order valence-electron chi connectivity index (χ0n) is 6.41. The maximum absolute atomic E-state index is 10.4. The maximum Gasteiger partial charge on any atom is 0.313 e. The van der Waals surface area contributed by atoms with Crippen LogP contribution in [0.5, 0.6) is 0 Å². The number of hydrogen-bond acceptors (Lipinski definition) is 4. The van der Waals surface area contributed by atoms with Gasteiger partial charge in [0.25, 0.3) is 0 Å². The highest BCUT2D eigenvalue weighted by molar-refractivity contribution is 9.10. The first-order chi connectivity index (χ1) is 5.42. The van der Waals surface area contributed by atoms with E-state index in [-0.39, 0.29) is 12.5 Å². The van der Waals surface area contributed by atoms with E-state index in [4.69, 9.17) is 5.11 Å². The molecule has 0 aliphatic carbocycles. The van der Waals surface area contributed by atoms with Crippen LogP contribution in [0.1, 0.15) is 6.92 Å². The van der Waals surface area contributed by atoms with Gasteiger partial charge in [0.1, 0.15) is 13.2 Å². The van der Waals surface area contributed by atoms with Gasteiger partial charge in [-0.15, -0.1) is 0 Å². The highest BCUT2D eigenvalue weighted by Crippen LogP contribution is 2.16. The van der Waals surface area contributed by atoms with E-state index >= 15 is 0 Å². The van der Waals surface area contributed by atoms with Gasteiger partial charge in [-0.2, -0.15) is 0 Å². The van der Waals surface area contributed by atoms with Crippen LogP contribution < -0.4 is 5.32 Å². The van der Waals surface area contributed by atoms with Crippen LogP contribution in [0.2, 0.25) is 0 Å². The van der Waals surface area contributed by atoms with Crippen molar-refractivity contribution in [1.29, 1.82) is 0 Å². The summed E-state index contributed by atoms with van der Waals surface area (Å²) in [5.74, 6) is -0.380. The molecule has 0 aromatic heterocycles.